The normalized spacial score (nSPS) is 29.7. The molecule has 1 aliphatic carbocycles. The van der Waals surface area contributed by atoms with Crippen molar-refractivity contribution in [3.8, 4) is 0 Å². The van der Waals surface area contributed by atoms with Gasteiger partial charge in [0.25, 0.3) is 0 Å². The Morgan fingerprint density at radius 2 is 2.17 bits per heavy atom. The molecule has 1 aromatic heterocycles. The van der Waals surface area contributed by atoms with E-state index in [0.717, 1.165) is 11.4 Å². The zero-order chi connectivity index (χ0) is 7.97. The Labute approximate surface area is 70.6 Å². The molecule has 0 saturated carbocycles. The van der Waals surface area contributed by atoms with Crippen molar-refractivity contribution in [2.45, 2.75) is 12.0 Å². The highest BCUT2D eigenvalue weighted by Gasteiger charge is 2.32. The van der Waals surface area contributed by atoms with Gasteiger partial charge in [0, 0.05) is 0 Å². The van der Waals surface area contributed by atoms with Crippen LogP contribution in [0.15, 0.2) is 41.1 Å². The molecule has 2 heteroatoms. The van der Waals surface area contributed by atoms with Crippen LogP contribution in [-0.4, -0.2) is 6.04 Å². The Morgan fingerprint density at radius 3 is 3.17 bits per heavy atom. The molecule has 2 nitrogen and oxygen atoms in total. The largest absolute Gasteiger partial charge is 0.466 e. The maximum Gasteiger partial charge on any atom is 0.136 e. The molecule has 3 rings (SSSR count). The molecule has 2 unspecified atom stereocenters. The molecular formula is C10H9NO. The smallest absolute Gasteiger partial charge is 0.136 e. The number of hydrogen-bond acceptors (Lipinski definition) is 2. The number of hydrogen-bond donors (Lipinski definition) is 1. The summed E-state index contributed by atoms with van der Waals surface area (Å²) < 4.78 is 5.40. The number of fused-ring (bicyclic) bond motifs is 3. The first-order chi connectivity index (χ1) is 5.95. The minimum Gasteiger partial charge on any atom is -0.466 e. The van der Waals surface area contributed by atoms with Gasteiger partial charge in [-0.25, -0.2) is 0 Å². The van der Waals surface area contributed by atoms with Crippen molar-refractivity contribution in [2.75, 3.05) is 5.32 Å². The van der Waals surface area contributed by atoms with Crippen molar-refractivity contribution >= 4 is 5.69 Å². The lowest BCUT2D eigenvalue weighted by atomic mass is 9.96. The number of furan rings is 1. The average Bonchev–Trinajstić information content (AvgIpc) is 2.62. The minimum atomic E-state index is 0.403. The molecule has 1 N–H and O–H groups in total. The predicted molar refractivity (Wildman–Crippen MR) is 47.1 cm³/mol. The molecule has 0 fully saturated rings. The summed E-state index contributed by atoms with van der Waals surface area (Å²) >= 11 is 0. The first-order valence-electron chi connectivity index (χ1n) is 4.14. The fraction of sp³-hybridized carbons (Fsp3) is 0.200. The van der Waals surface area contributed by atoms with Gasteiger partial charge in [-0.05, 0) is 6.07 Å². The Kier molecular flexibility index (Phi) is 1.04. The lowest BCUT2D eigenvalue weighted by Gasteiger charge is -2.14. The Balaban J connectivity index is 2.11. The SMILES string of the molecule is C1=CC2Nc3ccoc3C2C=C1. The van der Waals surface area contributed by atoms with Gasteiger partial charge in [-0.3, -0.25) is 0 Å². The molecule has 12 heavy (non-hydrogen) atoms. The van der Waals surface area contributed by atoms with Gasteiger partial charge in [-0.1, -0.05) is 24.3 Å². The lowest BCUT2D eigenvalue weighted by Crippen LogP contribution is -2.17. The minimum absolute atomic E-state index is 0.403. The second-order valence-electron chi connectivity index (χ2n) is 3.16. The van der Waals surface area contributed by atoms with Crippen LogP contribution in [0.5, 0.6) is 0 Å². The summed E-state index contributed by atoms with van der Waals surface area (Å²) in [5.74, 6) is 1.47. The van der Waals surface area contributed by atoms with Crippen LogP contribution in [0.1, 0.15) is 11.7 Å². The van der Waals surface area contributed by atoms with E-state index in [1.54, 1.807) is 6.26 Å². The van der Waals surface area contributed by atoms with Crippen LogP contribution in [0, 0.1) is 0 Å². The summed E-state index contributed by atoms with van der Waals surface area (Å²) in [6, 6.07) is 2.39. The molecule has 60 valence electrons. The van der Waals surface area contributed by atoms with Crippen LogP contribution < -0.4 is 5.32 Å². The maximum atomic E-state index is 5.40. The first kappa shape index (κ1) is 6.12. The van der Waals surface area contributed by atoms with E-state index in [1.165, 1.54) is 0 Å². The number of rotatable bonds is 0. The van der Waals surface area contributed by atoms with Gasteiger partial charge in [0.05, 0.1) is 23.9 Å². The predicted octanol–water partition coefficient (Wildman–Crippen LogP) is 2.28. The van der Waals surface area contributed by atoms with Crippen LogP contribution in [0.2, 0.25) is 0 Å². The molecule has 1 aromatic rings. The van der Waals surface area contributed by atoms with Gasteiger partial charge in [0.15, 0.2) is 0 Å². The molecule has 2 atom stereocenters. The summed E-state index contributed by atoms with van der Waals surface area (Å²) in [4.78, 5) is 0. The van der Waals surface area contributed by atoms with E-state index >= 15 is 0 Å². The van der Waals surface area contributed by atoms with Crippen LogP contribution in [0.4, 0.5) is 5.69 Å². The third-order valence-electron chi connectivity index (χ3n) is 2.45. The van der Waals surface area contributed by atoms with Gasteiger partial charge in [0.2, 0.25) is 0 Å². The van der Waals surface area contributed by atoms with E-state index in [9.17, 15) is 0 Å². The van der Waals surface area contributed by atoms with Crippen molar-refractivity contribution < 1.29 is 4.42 Å². The van der Waals surface area contributed by atoms with Crippen LogP contribution in [-0.2, 0) is 0 Å². The molecule has 0 amide bonds. The molecule has 0 radical (unpaired) electrons. The molecule has 0 spiro atoms. The van der Waals surface area contributed by atoms with Crippen molar-refractivity contribution in [1.82, 2.24) is 0 Å². The third-order valence-corrected chi connectivity index (χ3v) is 2.45. The molecule has 2 aliphatic rings. The summed E-state index contributed by atoms with van der Waals surface area (Å²) in [7, 11) is 0. The van der Waals surface area contributed by atoms with Gasteiger partial charge < -0.3 is 9.73 Å². The van der Waals surface area contributed by atoms with Crippen molar-refractivity contribution in [1.29, 1.82) is 0 Å². The topological polar surface area (TPSA) is 25.2 Å². The molecule has 0 saturated heterocycles. The molecular weight excluding hydrogens is 150 g/mol. The summed E-state index contributed by atoms with van der Waals surface area (Å²) in [5.41, 5.74) is 1.14. The standard InChI is InChI=1S/C10H9NO/c1-2-4-8-7(3-1)10-9(11-8)5-6-12-10/h1-8,11H. The van der Waals surface area contributed by atoms with Gasteiger partial charge in [-0.15, -0.1) is 0 Å². The second-order valence-corrected chi connectivity index (χ2v) is 3.16. The quantitative estimate of drug-likeness (QED) is 0.628. The van der Waals surface area contributed by atoms with E-state index in [2.05, 4.69) is 29.6 Å². The highest BCUT2D eigenvalue weighted by atomic mass is 16.3. The third kappa shape index (κ3) is 0.644. The fourth-order valence-electron chi connectivity index (χ4n) is 1.87. The maximum absolute atomic E-state index is 5.40. The zero-order valence-corrected chi connectivity index (χ0v) is 6.53. The first-order valence-corrected chi connectivity index (χ1v) is 4.14. The highest BCUT2D eigenvalue weighted by molar-refractivity contribution is 5.59. The Morgan fingerprint density at radius 1 is 1.25 bits per heavy atom. The van der Waals surface area contributed by atoms with Crippen LogP contribution >= 0.6 is 0 Å². The van der Waals surface area contributed by atoms with Gasteiger partial charge in [-0.2, -0.15) is 0 Å². The zero-order valence-electron chi connectivity index (χ0n) is 6.53. The van der Waals surface area contributed by atoms with Gasteiger partial charge >= 0.3 is 0 Å². The Hall–Kier alpha value is -1.44. The second kappa shape index (κ2) is 2.03. The lowest BCUT2D eigenvalue weighted by molar-refractivity contribution is 0.495. The summed E-state index contributed by atoms with van der Waals surface area (Å²) in [6.07, 6.45) is 10.2. The number of anilines is 1. The van der Waals surface area contributed by atoms with E-state index < -0.39 is 0 Å². The van der Waals surface area contributed by atoms with Crippen molar-refractivity contribution in [2.24, 2.45) is 0 Å². The van der Waals surface area contributed by atoms with E-state index in [1.807, 2.05) is 6.07 Å². The number of nitrogens with one attached hydrogen (secondary N) is 1. The summed E-state index contributed by atoms with van der Waals surface area (Å²) in [5, 5.41) is 3.38. The Bertz CT molecular complexity index is 362. The van der Waals surface area contributed by atoms with E-state index in [0.29, 0.717) is 12.0 Å². The molecule has 1 aliphatic heterocycles. The van der Waals surface area contributed by atoms with Crippen LogP contribution in [0.25, 0.3) is 0 Å². The highest BCUT2D eigenvalue weighted by Crippen LogP contribution is 2.39. The van der Waals surface area contributed by atoms with Gasteiger partial charge in [0.1, 0.15) is 5.76 Å². The van der Waals surface area contributed by atoms with Crippen LogP contribution in [0.3, 0.4) is 0 Å². The summed E-state index contributed by atoms with van der Waals surface area (Å²) in [6.45, 7) is 0. The van der Waals surface area contributed by atoms with E-state index in [4.69, 9.17) is 4.42 Å². The van der Waals surface area contributed by atoms with Crippen molar-refractivity contribution in [3.63, 3.8) is 0 Å². The van der Waals surface area contributed by atoms with Crippen molar-refractivity contribution in [3.05, 3.63) is 42.4 Å². The van der Waals surface area contributed by atoms with E-state index in [-0.39, 0.29) is 0 Å². The average molecular weight is 159 g/mol. The molecule has 0 bridgehead atoms. The molecule has 0 aromatic carbocycles. The number of allylic oxidation sites excluding steroid dienone is 2. The molecule has 2 heterocycles. The monoisotopic (exact) mass is 159 g/mol. The fourth-order valence-corrected chi connectivity index (χ4v) is 1.87.